The van der Waals surface area contributed by atoms with Crippen LogP contribution < -0.4 is 27.2 Å². The normalized spacial score (nSPS) is 10.8. The Kier molecular flexibility index (Phi) is 12.4. The number of amides is 3. The predicted molar refractivity (Wildman–Crippen MR) is 153 cm³/mol. The van der Waals surface area contributed by atoms with Gasteiger partial charge in [0.2, 0.25) is 5.91 Å². The lowest BCUT2D eigenvalue weighted by molar-refractivity contribution is -0.130. The summed E-state index contributed by atoms with van der Waals surface area (Å²) in [7, 11) is 0. The van der Waals surface area contributed by atoms with E-state index >= 15 is 0 Å². The van der Waals surface area contributed by atoms with Gasteiger partial charge in [-0.3, -0.25) is 19.6 Å². The van der Waals surface area contributed by atoms with Crippen LogP contribution in [0.5, 0.6) is 0 Å². The Hall–Kier alpha value is -3.91. The molecule has 204 valence electrons. The third-order valence-corrected chi connectivity index (χ3v) is 5.97. The average Bonchev–Trinajstić information content (AvgIpc) is 2.93. The topological polar surface area (TPSA) is 146 Å². The van der Waals surface area contributed by atoms with Gasteiger partial charge in [0.25, 0.3) is 11.8 Å². The standard InChI is InChI=1S/C27H25Cl2N5O4.CH4/c28-22-12-7-19(13-23(22)29)15-31-16-25(35)32-21-10-5-18(6-11-21)2-1-17-3-8-20(9-4-17)26(36)33-24(14-30)27(37)34-38;/h3-13,24,31,38H,14-16,30H2,(H,32,35)(H,33,36)(H,34,37);1H4/t24-;/m0./s1. The number of hydrogen-bond acceptors (Lipinski definition) is 6. The summed E-state index contributed by atoms with van der Waals surface area (Å²) in [6.45, 7) is 0.429. The summed E-state index contributed by atoms with van der Waals surface area (Å²) in [5, 5.41) is 17.9. The van der Waals surface area contributed by atoms with Crippen LogP contribution in [-0.2, 0) is 16.1 Å². The zero-order chi connectivity index (χ0) is 27.5. The monoisotopic (exact) mass is 569 g/mol. The molecule has 3 rings (SSSR count). The highest BCUT2D eigenvalue weighted by Gasteiger charge is 2.19. The van der Waals surface area contributed by atoms with Gasteiger partial charge in [-0.1, -0.05) is 48.5 Å². The van der Waals surface area contributed by atoms with Gasteiger partial charge in [-0.05, 0) is 66.2 Å². The molecule has 0 spiro atoms. The maximum Gasteiger partial charge on any atom is 0.267 e. The first-order valence-electron chi connectivity index (χ1n) is 11.4. The van der Waals surface area contributed by atoms with Crippen molar-refractivity contribution >= 4 is 46.6 Å². The maximum atomic E-state index is 12.3. The summed E-state index contributed by atoms with van der Waals surface area (Å²) in [6, 6.07) is 17.8. The second-order valence-electron chi connectivity index (χ2n) is 8.04. The number of rotatable bonds is 9. The Balaban J connectivity index is 0.00000533. The Morgan fingerprint density at radius 2 is 1.51 bits per heavy atom. The van der Waals surface area contributed by atoms with E-state index in [1.54, 1.807) is 60.7 Å². The van der Waals surface area contributed by atoms with Crippen molar-refractivity contribution in [1.29, 1.82) is 0 Å². The van der Waals surface area contributed by atoms with Gasteiger partial charge in [0, 0.05) is 35.5 Å². The molecule has 3 amide bonds. The van der Waals surface area contributed by atoms with Gasteiger partial charge in [-0.2, -0.15) is 0 Å². The number of carbonyl (C=O) groups is 3. The molecule has 0 bridgehead atoms. The quantitative estimate of drug-likeness (QED) is 0.132. The van der Waals surface area contributed by atoms with Crippen LogP contribution in [0.2, 0.25) is 10.0 Å². The van der Waals surface area contributed by atoms with Crippen molar-refractivity contribution in [1.82, 2.24) is 16.1 Å². The highest BCUT2D eigenvalue weighted by molar-refractivity contribution is 6.42. The first-order chi connectivity index (χ1) is 18.3. The van der Waals surface area contributed by atoms with Crippen molar-refractivity contribution < 1.29 is 19.6 Å². The molecule has 3 aromatic carbocycles. The van der Waals surface area contributed by atoms with E-state index in [1.165, 1.54) is 5.48 Å². The van der Waals surface area contributed by atoms with Gasteiger partial charge in [0.1, 0.15) is 6.04 Å². The molecule has 1 atom stereocenters. The number of carbonyl (C=O) groups excluding carboxylic acids is 3. The second kappa shape index (κ2) is 15.5. The minimum atomic E-state index is -1.05. The van der Waals surface area contributed by atoms with Crippen LogP contribution >= 0.6 is 23.2 Å². The molecule has 0 saturated carbocycles. The molecular weight excluding hydrogens is 541 g/mol. The highest BCUT2D eigenvalue weighted by Crippen LogP contribution is 2.22. The lowest BCUT2D eigenvalue weighted by atomic mass is 10.1. The van der Waals surface area contributed by atoms with Crippen LogP contribution in [0.1, 0.15) is 34.5 Å². The van der Waals surface area contributed by atoms with Crippen molar-refractivity contribution in [2.45, 2.75) is 20.0 Å². The van der Waals surface area contributed by atoms with Gasteiger partial charge in [0.15, 0.2) is 0 Å². The van der Waals surface area contributed by atoms with Crippen molar-refractivity contribution in [3.63, 3.8) is 0 Å². The van der Waals surface area contributed by atoms with Crippen LogP contribution in [0.4, 0.5) is 5.69 Å². The zero-order valence-corrected chi connectivity index (χ0v) is 21.6. The van der Waals surface area contributed by atoms with E-state index < -0.39 is 17.9 Å². The third-order valence-electron chi connectivity index (χ3n) is 5.23. The van der Waals surface area contributed by atoms with E-state index in [4.69, 9.17) is 34.1 Å². The van der Waals surface area contributed by atoms with Crippen LogP contribution in [0.3, 0.4) is 0 Å². The molecule has 7 N–H and O–H groups in total. The van der Waals surface area contributed by atoms with E-state index in [0.717, 1.165) is 11.1 Å². The van der Waals surface area contributed by atoms with E-state index in [-0.39, 0.29) is 26.4 Å². The molecule has 39 heavy (non-hydrogen) atoms. The molecule has 0 aliphatic rings. The summed E-state index contributed by atoms with van der Waals surface area (Å²) in [5.74, 6) is 4.52. The summed E-state index contributed by atoms with van der Waals surface area (Å²) in [6.07, 6.45) is 0. The molecule has 0 saturated heterocycles. The number of halogens is 2. The van der Waals surface area contributed by atoms with Gasteiger partial charge < -0.3 is 21.7 Å². The molecule has 9 nitrogen and oxygen atoms in total. The predicted octanol–water partition coefficient (Wildman–Crippen LogP) is 3.32. The Morgan fingerprint density at radius 3 is 2.08 bits per heavy atom. The van der Waals surface area contributed by atoms with E-state index in [2.05, 4.69) is 27.8 Å². The lowest BCUT2D eigenvalue weighted by Crippen LogP contribution is -2.50. The van der Waals surface area contributed by atoms with Gasteiger partial charge in [-0.15, -0.1) is 0 Å². The molecule has 0 aliphatic heterocycles. The largest absolute Gasteiger partial charge is 0.339 e. The van der Waals surface area contributed by atoms with E-state index in [9.17, 15) is 14.4 Å². The van der Waals surface area contributed by atoms with Crippen molar-refractivity contribution in [3.8, 4) is 11.8 Å². The molecule has 0 aromatic heterocycles. The van der Waals surface area contributed by atoms with Crippen molar-refractivity contribution in [2.75, 3.05) is 18.4 Å². The van der Waals surface area contributed by atoms with Crippen LogP contribution in [0.15, 0.2) is 66.7 Å². The molecular formula is C28H29Cl2N5O4. The Bertz CT molecular complexity index is 1350. The summed E-state index contributed by atoms with van der Waals surface area (Å²) in [4.78, 5) is 35.9. The number of hydroxylamine groups is 1. The van der Waals surface area contributed by atoms with Crippen molar-refractivity contribution in [2.24, 2.45) is 5.73 Å². The first-order valence-corrected chi connectivity index (χ1v) is 12.2. The van der Waals surface area contributed by atoms with Crippen molar-refractivity contribution in [3.05, 3.63) is 99.0 Å². The van der Waals surface area contributed by atoms with Crippen LogP contribution in [-0.4, -0.2) is 42.1 Å². The number of hydrogen-bond donors (Lipinski definition) is 6. The SMILES string of the molecule is C.NC[C@H](NC(=O)c1ccc(C#Cc2ccc(NC(=O)CNCc3ccc(Cl)c(Cl)c3)cc2)cc1)C(=O)NO. The highest BCUT2D eigenvalue weighted by atomic mass is 35.5. The first kappa shape index (κ1) is 31.3. The zero-order valence-electron chi connectivity index (χ0n) is 20.1. The molecule has 0 heterocycles. The number of anilines is 1. The molecule has 0 aliphatic carbocycles. The Labute approximate surface area is 237 Å². The van der Waals surface area contributed by atoms with Crippen LogP contribution in [0, 0.1) is 11.8 Å². The fourth-order valence-corrected chi connectivity index (χ4v) is 3.53. The minimum Gasteiger partial charge on any atom is -0.339 e. The van der Waals surface area contributed by atoms with Gasteiger partial charge >= 0.3 is 0 Å². The third kappa shape index (κ3) is 9.72. The fraction of sp³-hybridized carbons (Fsp3) is 0.179. The Morgan fingerprint density at radius 1 is 0.897 bits per heavy atom. The number of nitrogens with one attached hydrogen (secondary N) is 4. The second-order valence-corrected chi connectivity index (χ2v) is 8.86. The summed E-state index contributed by atoms with van der Waals surface area (Å²) in [5.41, 5.74) is 10.2. The summed E-state index contributed by atoms with van der Waals surface area (Å²) < 4.78 is 0. The molecule has 3 aromatic rings. The van der Waals surface area contributed by atoms with E-state index in [1.807, 2.05) is 6.07 Å². The van der Waals surface area contributed by atoms with Gasteiger partial charge in [-0.25, -0.2) is 5.48 Å². The minimum absolute atomic E-state index is 0. The van der Waals surface area contributed by atoms with Gasteiger partial charge in [0.05, 0.1) is 16.6 Å². The average molecular weight is 570 g/mol. The molecule has 0 unspecified atom stereocenters. The maximum absolute atomic E-state index is 12.3. The molecule has 11 heteroatoms. The molecule has 0 radical (unpaired) electrons. The summed E-state index contributed by atoms with van der Waals surface area (Å²) >= 11 is 11.9. The fourth-order valence-electron chi connectivity index (χ4n) is 3.21. The number of benzene rings is 3. The smallest absolute Gasteiger partial charge is 0.267 e. The van der Waals surface area contributed by atoms with Crippen LogP contribution in [0.25, 0.3) is 0 Å². The number of nitrogens with two attached hydrogens (primary N) is 1. The molecule has 0 fully saturated rings. The lowest BCUT2D eigenvalue weighted by Gasteiger charge is -2.14. The van der Waals surface area contributed by atoms with E-state index in [0.29, 0.717) is 33.4 Å².